The van der Waals surface area contributed by atoms with Crippen molar-refractivity contribution in [1.82, 2.24) is 10.1 Å². The van der Waals surface area contributed by atoms with Crippen molar-refractivity contribution in [1.29, 1.82) is 0 Å². The summed E-state index contributed by atoms with van der Waals surface area (Å²) in [6, 6.07) is 0. The highest BCUT2D eigenvalue weighted by molar-refractivity contribution is 5.84. The number of anilines is 1. The molecule has 15 heavy (non-hydrogen) atoms. The minimum atomic E-state index is -0.580. The van der Waals surface area contributed by atoms with Gasteiger partial charge in [-0.2, -0.15) is 4.98 Å². The van der Waals surface area contributed by atoms with E-state index in [1.165, 1.54) is 0 Å². The number of esters is 1. The molecule has 6 heteroatoms. The highest BCUT2D eigenvalue weighted by atomic mass is 16.6. The van der Waals surface area contributed by atoms with E-state index in [0.29, 0.717) is 12.6 Å². The number of hydrogen-bond donors (Lipinski definition) is 0. The first kappa shape index (κ1) is 11.5. The number of hydrogen-bond acceptors (Lipinski definition) is 6. The SMILES string of the molecule is CCOC(=O)c1nc(N(CC)CC)no1. The van der Waals surface area contributed by atoms with Gasteiger partial charge in [-0.3, -0.25) is 0 Å². The van der Waals surface area contributed by atoms with E-state index in [1.54, 1.807) is 6.92 Å². The van der Waals surface area contributed by atoms with Gasteiger partial charge in [-0.05, 0) is 25.9 Å². The van der Waals surface area contributed by atoms with Gasteiger partial charge in [0.15, 0.2) is 0 Å². The van der Waals surface area contributed by atoms with E-state index in [9.17, 15) is 4.79 Å². The van der Waals surface area contributed by atoms with E-state index in [4.69, 9.17) is 9.26 Å². The van der Waals surface area contributed by atoms with Gasteiger partial charge < -0.3 is 14.2 Å². The van der Waals surface area contributed by atoms with Crippen LogP contribution in [0.4, 0.5) is 5.95 Å². The molecule has 0 amide bonds. The fraction of sp³-hybridized carbons (Fsp3) is 0.667. The number of nitrogens with zero attached hydrogens (tertiary/aromatic N) is 3. The lowest BCUT2D eigenvalue weighted by Crippen LogP contribution is -2.23. The van der Waals surface area contributed by atoms with Gasteiger partial charge in [0, 0.05) is 13.1 Å². The topological polar surface area (TPSA) is 68.5 Å². The zero-order valence-electron chi connectivity index (χ0n) is 9.19. The summed E-state index contributed by atoms with van der Waals surface area (Å²) in [6.07, 6.45) is 0. The third-order valence-corrected chi connectivity index (χ3v) is 1.91. The Kier molecular flexibility index (Phi) is 4.08. The second-order valence-corrected chi connectivity index (χ2v) is 2.79. The molecule has 0 aliphatic carbocycles. The van der Waals surface area contributed by atoms with Crippen molar-refractivity contribution in [2.45, 2.75) is 20.8 Å². The molecule has 0 unspecified atom stereocenters. The van der Waals surface area contributed by atoms with Gasteiger partial charge in [0.25, 0.3) is 5.95 Å². The number of rotatable bonds is 5. The molecule has 84 valence electrons. The zero-order chi connectivity index (χ0) is 11.3. The normalized spacial score (nSPS) is 10.1. The first-order valence-corrected chi connectivity index (χ1v) is 4.98. The number of ether oxygens (including phenoxy) is 1. The Morgan fingerprint density at radius 1 is 1.40 bits per heavy atom. The van der Waals surface area contributed by atoms with Crippen LogP contribution in [0.3, 0.4) is 0 Å². The van der Waals surface area contributed by atoms with Gasteiger partial charge in [-0.1, -0.05) is 0 Å². The van der Waals surface area contributed by atoms with Crippen LogP contribution in [-0.4, -0.2) is 35.8 Å². The molecule has 0 radical (unpaired) electrons. The van der Waals surface area contributed by atoms with Crippen molar-refractivity contribution in [2.24, 2.45) is 0 Å². The first-order chi connectivity index (χ1) is 7.22. The van der Waals surface area contributed by atoms with E-state index in [-0.39, 0.29) is 5.89 Å². The number of aromatic nitrogens is 2. The lowest BCUT2D eigenvalue weighted by molar-refractivity contribution is 0.0470. The third-order valence-electron chi connectivity index (χ3n) is 1.91. The molecule has 0 aromatic carbocycles. The van der Waals surface area contributed by atoms with Crippen LogP contribution in [0.2, 0.25) is 0 Å². The van der Waals surface area contributed by atoms with Gasteiger partial charge in [0.2, 0.25) is 0 Å². The molecule has 6 nitrogen and oxygen atoms in total. The molecular formula is C9H15N3O3. The summed E-state index contributed by atoms with van der Waals surface area (Å²) in [5.74, 6) is -0.259. The van der Waals surface area contributed by atoms with Crippen LogP contribution in [-0.2, 0) is 4.74 Å². The lowest BCUT2D eigenvalue weighted by Gasteiger charge is -2.14. The molecule has 1 aromatic heterocycles. The van der Waals surface area contributed by atoms with Crippen molar-refractivity contribution >= 4 is 11.9 Å². The van der Waals surface area contributed by atoms with Crippen molar-refractivity contribution < 1.29 is 14.1 Å². The lowest BCUT2D eigenvalue weighted by atomic mass is 10.5. The molecule has 0 aliphatic rings. The Morgan fingerprint density at radius 3 is 2.60 bits per heavy atom. The van der Waals surface area contributed by atoms with Crippen LogP contribution in [0, 0.1) is 0 Å². The number of carbonyl (C=O) groups excluding carboxylic acids is 1. The Hall–Kier alpha value is -1.59. The molecular weight excluding hydrogens is 198 g/mol. The minimum absolute atomic E-state index is 0.0984. The molecule has 0 atom stereocenters. The largest absolute Gasteiger partial charge is 0.459 e. The smallest absolute Gasteiger partial charge is 0.397 e. The van der Waals surface area contributed by atoms with Crippen LogP contribution in [0.5, 0.6) is 0 Å². The summed E-state index contributed by atoms with van der Waals surface area (Å²) in [5.41, 5.74) is 0. The Bertz CT molecular complexity index is 320. The Balaban J connectivity index is 2.75. The predicted molar refractivity (Wildman–Crippen MR) is 53.8 cm³/mol. The van der Waals surface area contributed by atoms with Crippen LogP contribution in [0.1, 0.15) is 31.5 Å². The monoisotopic (exact) mass is 213 g/mol. The summed E-state index contributed by atoms with van der Waals surface area (Å²) in [6.45, 7) is 7.49. The average Bonchev–Trinajstić information content (AvgIpc) is 2.69. The van der Waals surface area contributed by atoms with Gasteiger partial charge in [0.1, 0.15) is 0 Å². The summed E-state index contributed by atoms with van der Waals surface area (Å²) in [5, 5.41) is 3.70. The number of carbonyl (C=O) groups is 1. The van der Waals surface area contributed by atoms with Gasteiger partial charge in [-0.15, -0.1) is 0 Å². The first-order valence-electron chi connectivity index (χ1n) is 4.98. The van der Waals surface area contributed by atoms with Crippen LogP contribution in [0.15, 0.2) is 4.52 Å². The van der Waals surface area contributed by atoms with Gasteiger partial charge >= 0.3 is 11.9 Å². The van der Waals surface area contributed by atoms with Gasteiger partial charge in [-0.25, -0.2) is 4.79 Å². The van der Waals surface area contributed by atoms with Crippen LogP contribution < -0.4 is 4.90 Å². The minimum Gasteiger partial charge on any atom is -0.459 e. The molecule has 1 rings (SSSR count). The second-order valence-electron chi connectivity index (χ2n) is 2.79. The Labute approximate surface area is 88.2 Å². The van der Waals surface area contributed by atoms with E-state index in [1.807, 2.05) is 18.7 Å². The Morgan fingerprint density at radius 2 is 2.07 bits per heavy atom. The highest BCUT2D eigenvalue weighted by Crippen LogP contribution is 2.09. The molecule has 1 heterocycles. The summed E-state index contributed by atoms with van der Waals surface area (Å²) in [7, 11) is 0. The molecule has 0 saturated heterocycles. The van der Waals surface area contributed by atoms with Crippen LogP contribution in [0.25, 0.3) is 0 Å². The maximum absolute atomic E-state index is 11.2. The second kappa shape index (κ2) is 5.33. The van der Waals surface area contributed by atoms with Crippen molar-refractivity contribution in [2.75, 3.05) is 24.6 Å². The van der Waals surface area contributed by atoms with E-state index >= 15 is 0 Å². The third kappa shape index (κ3) is 2.68. The maximum atomic E-state index is 11.2. The van der Waals surface area contributed by atoms with Crippen molar-refractivity contribution in [3.63, 3.8) is 0 Å². The summed E-state index contributed by atoms with van der Waals surface area (Å²) < 4.78 is 9.52. The zero-order valence-corrected chi connectivity index (χ0v) is 9.19. The fourth-order valence-electron chi connectivity index (χ4n) is 1.13. The predicted octanol–water partition coefficient (Wildman–Crippen LogP) is 1.09. The summed E-state index contributed by atoms with van der Waals surface area (Å²) in [4.78, 5) is 17.0. The quantitative estimate of drug-likeness (QED) is 0.682. The molecule has 0 saturated carbocycles. The fourth-order valence-corrected chi connectivity index (χ4v) is 1.13. The molecule has 0 aliphatic heterocycles. The average molecular weight is 213 g/mol. The van der Waals surface area contributed by atoms with E-state index in [0.717, 1.165) is 13.1 Å². The van der Waals surface area contributed by atoms with E-state index in [2.05, 4.69) is 10.1 Å². The molecule has 0 fully saturated rings. The molecule has 1 aromatic rings. The standard InChI is InChI=1S/C9H15N3O3/c1-4-12(5-2)9-10-7(15-11-9)8(13)14-6-3/h4-6H2,1-3H3. The molecule has 0 N–H and O–H groups in total. The molecule has 0 spiro atoms. The highest BCUT2D eigenvalue weighted by Gasteiger charge is 2.18. The van der Waals surface area contributed by atoms with Gasteiger partial charge in [0.05, 0.1) is 6.61 Å². The van der Waals surface area contributed by atoms with Crippen LogP contribution >= 0.6 is 0 Å². The maximum Gasteiger partial charge on any atom is 0.397 e. The van der Waals surface area contributed by atoms with Crippen molar-refractivity contribution in [3.05, 3.63) is 5.89 Å². The summed E-state index contributed by atoms with van der Waals surface area (Å²) >= 11 is 0. The van der Waals surface area contributed by atoms with E-state index < -0.39 is 5.97 Å². The van der Waals surface area contributed by atoms with Crippen molar-refractivity contribution in [3.8, 4) is 0 Å². The molecule has 0 bridgehead atoms.